The topological polar surface area (TPSA) is 88.8 Å². The molecule has 3 heterocycles. The van der Waals surface area contributed by atoms with E-state index in [-0.39, 0.29) is 6.10 Å². The number of morpholine rings is 1. The van der Waals surface area contributed by atoms with Crippen molar-refractivity contribution in [3.63, 3.8) is 0 Å². The molecule has 1 aromatic rings. The van der Waals surface area contributed by atoms with Gasteiger partial charge in [0.05, 0.1) is 25.9 Å². The number of guanidine groups is 1. The van der Waals surface area contributed by atoms with Crippen molar-refractivity contribution in [2.24, 2.45) is 4.99 Å². The van der Waals surface area contributed by atoms with Gasteiger partial charge in [-0.15, -0.1) is 10.2 Å². The number of ether oxygens (including phenoxy) is 2. The zero-order valence-corrected chi connectivity index (χ0v) is 17.1. The summed E-state index contributed by atoms with van der Waals surface area (Å²) in [6.07, 6.45) is 6.43. The van der Waals surface area contributed by atoms with E-state index in [0.717, 1.165) is 83.7 Å². The number of rotatable bonds is 9. The van der Waals surface area contributed by atoms with Crippen molar-refractivity contribution in [2.75, 3.05) is 59.1 Å². The van der Waals surface area contributed by atoms with E-state index in [0.29, 0.717) is 6.54 Å². The summed E-state index contributed by atoms with van der Waals surface area (Å²) in [7, 11) is 0. The lowest BCUT2D eigenvalue weighted by atomic mass is 10.1. The smallest absolute Gasteiger partial charge is 0.191 e. The van der Waals surface area contributed by atoms with Gasteiger partial charge in [0, 0.05) is 52.3 Å². The first-order valence-corrected chi connectivity index (χ1v) is 10.7. The van der Waals surface area contributed by atoms with Crippen molar-refractivity contribution < 1.29 is 9.47 Å². The molecule has 0 aromatic carbocycles. The van der Waals surface area contributed by atoms with E-state index in [1.54, 1.807) is 6.33 Å². The molecule has 9 heteroatoms. The average Bonchev–Trinajstić information content (AvgIpc) is 3.20. The molecule has 0 amide bonds. The maximum Gasteiger partial charge on any atom is 0.191 e. The molecule has 28 heavy (non-hydrogen) atoms. The Hall–Kier alpha value is -1.71. The Kier molecular flexibility index (Phi) is 8.99. The lowest BCUT2D eigenvalue weighted by molar-refractivity contribution is 0.0224. The molecule has 0 radical (unpaired) electrons. The summed E-state index contributed by atoms with van der Waals surface area (Å²) >= 11 is 0. The van der Waals surface area contributed by atoms with Gasteiger partial charge in [0.25, 0.3) is 0 Å². The van der Waals surface area contributed by atoms with Crippen molar-refractivity contribution in [2.45, 2.75) is 45.3 Å². The number of aryl methyl sites for hydroxylation is 1. The highest BCUT2D eigenvalue weighted by atomic mass is 16.5. The van der Waals surface area contributed by atoms with E-state index in [1.807, 2.05) is 0 Å². The van der Waals surface area contributed by atoms with Crippen LogP contribution in [0.25, 0.3) is 0 Å². The van der Waals surface area contributed by atoms with Gasteiger partial charge in [0.1, 0.15) is 12.2 Å². The van der Waals surface area contributed by atoms with Crippen LogP contribution in [0.2, 0.25) is 0 Å². The largest absolute Gasteiger partial charge is 0.379 e. The number of nitrogens with zero attached hydrogens (tertiary/aromatic N) is 5. The zero-order valence-electron chi connectivity index (χ0n) is 17.1. The molecule has 0 saturated carbocycles. The second-order valence-electron chi connectivity index (χ2n) is 7.28. The first-order chi connectivity index (χ1) is 13.8. The Bertz CT molecular complexity index is 581. The molecule has 1 atom stereocenters. The van der Waals surface area contributed by atoms with Crippen molar-refractivity contribution in [1.29, 1.82) is 0 Å². The highest BCUT2D eigenvalue weighted by Gasteiger charge is 2.14. The summed E-state index contributed by atoms with van der Waals surface area (Å²) in [5.41, 5.74) is 0. The van der Waals surface area contributed by atoms with Gasteiger partial charge in [0.15, 0.2) is 5.96 Å². The maximum atomic E-state index is 5.82. The predicted octanol–water partition coefficient (Wildman–Crippen LogP) is 0.277. The van der Waals surface area contributed by atoms with Gasteiger partial charge < -0.3 is 24.7 Å². The van der Waals surface area contributed by atoms with Crippen molar-refractivity contribution >= 4 is 5.96 Å². The molecule has 9 nitrogen and oxygen atoms in total. The van der Waals surface area contributed by atoms with Gasteiger partial charge in [-0.25, -0.2) is 0 Å². The van der Waals surface area contributed by atoms with E-state index >= 15 is 0 Å². The number of nitrogens with one attached hydrogen (secondary N) is 2. The summed E-state index contributed by atoms with van der Waals surface area (Å²) < 4.78 is 13.3. The van der Waals surface area contributed by atoms with Crippen LogP contribution in [0.4, 0.5) is 0 Å². The highest BCUT2D eigenvalue weighted by molar-refractivity contribution is 5.79. The first kappa shape index (κ1) is 21.0. The van der Waals surface area contributed by atoms with Crippen LogP contribution in [0, 0.1) is 0 Å². The number of hydrogen-bond donors (Lipinski definition) is 2. The summed E-state index contributed by atoms with van der Waals surface area (Å²) in [4.78, 5) is 7.20. The molecule has 2 N–H and O–H groups in total. The molecule has 2 aliphatic heterocycles. The molecule has 2 saturated heterocycles. The minimum Gasteiger partial charge on any atom is -0.379 e. The van der Waals surface area contributed by atoms with Crippen LogP contribution in [0.3, 0.4) is 0 Å². The van der Waals surface area contributed by atoms with Crippen molar-refractivity contribution in [3.8, 4) is 0 Å². The van der Waals surface area contributed by atoms with Crippen molar-refractivity contribution in [3.05, 3.63) is 12.2 Å². The monoisotopic (exact) mass is 393 g/mol. The third-order valence-corrected chi connectivity index (χ3v) is 5.21. The normalized spacial score (nSPS) is 21.6. The first-order valence-electron chi connectivity index (χ1n) is 10.7. The fourth-order valence-corrected chi connectivity index (χ4v) is 3.51. The van der Waals surface area contributed by atoms with Gasteiger partial charge in [-0.2, -0.15) is 0 Å². The summed E-state index contributed by atoms with van der Waals surface area (Å²) in [5.74, 6) is 1.87. The predicted molar refractivity (Wildman–Crippen MR) is 109 cm³/mol. The SMILES string of the molecule is CCc1nncn1CCNC(=NCC1CCCCO1)NCCN1CCOCC1. The summed E-state index contributed by atoms with van der Waals surface area (Å²) in [6, 6.07) is 0. The van der Waals surface area contributed by atoms with E-state index < -0.39 is 0 Å². The van der Waals surface area contributed by atoms with Gasteiger partial charge in [-0.1, -0.05) is 6.92 Å². The molecule has 158 valence electrons. The molecule has 0 spiro atoms. The van der Waals surface area contributed by atoms with Crippen LogP contribution in [-0.2, 0) is 22.4 Å². The minimum absolute atomic E-state index is 0.246. The molecule has 3 rings (SSSR count). The molecule has 2 fully saturated rings. The lowest BCUT2D eigenvalue weighted by Gasteiger charge is -2.27. The Morgan fingerprint density at radius 2 is 2.00 bits per heavy atom. The van der Waals surface area contributed by atoms with Crippen LogP contribution in [-0.4, -0.2) is 90.8 Å². The second kappa shape index (κ2) is 12.0. The van der Waals surface area contributed by atoms with E-state index in [1.165, 1.54) is 12.8 Å². The third kappa shape index (κ3) is 7.03. The molecule has 0 bridgehead atoms. The van der Waals surface area contributed by atoms with Crippen LogP contribution in [0.5, 0.6) is 0 Å². The Morgan fingerprint density at radius 3 is 2.75 bits per heavy atom. The number of aliphatic imine (C=N–C) groups is 1. The lowest BCUT2D eigenvalue weighted by Crippen LogP contribution is -2.45. The Balaban J connectivity index is 1.46. The van der Waals surface area contributed by atoms with Crippen LogP contribution >= 0.6 is 0 Å². The zero-order chi connectivity index (χ0) is 19.4. The second-order valence-corrected chi connectivity index (χ2v) is 7.28. The minimum atomic E-state index is 0.246. The Labute approximate surface area is 167 Å². The fraction of sp³-hybridized carbons (Fsp3) is 0.842. The highest BCUT2D eigenvalue weighted by Crippen LogP contribution is 2.12. The van der Waals surface area contributed by atoms with Gasteiger partial charge in [0.2, 0.25) is 0 Å². The van der Waals surface area contributed by atoms with E-state index in [9.17, 15) is 0 Å². The Morgan fingerprint density at radius 1 is 1.18 bits per heavy atom. The fourth-order valence-electron chi connectivity index (χ4n) is 3.51. The molecular weight excluding hydrogens is 358 g/mol. The van der Waals surface area contributed by atoms with Crippen LogP contribution < -0.4 is 10.6 Å². The summed E-state index contributed by atoms with van der Waals surface area (Å²) in [6.45, 7) is 10.8. The quantitative estimate of drug-likeness (QED) is 0.460. The number of aromatic nitrogens is 3. The van der Waals surface area contributed by atoms with Crippen LogP contribution in [0.15, 0.2) is 11.3 Å². The molecule has 0 aliphatic carbocycles. The molecule has 2 aliphatic rings. The summed E-state index contributed by atoms with van der Waals surface area (Å²) in [5, 5.41) is 15.1. The number of hydrogen-bond acceptors (Lipinski definition) is 6. The van der Waals surface area contributed by atoms with Crippen molar-refractivity contribution in [1.82, 2.24) is 30.3 Å². The van der Waals surface area contributed by atoms with Gasteiger partial charge in [-0.3, -0.25) is 9.89 Å². The third-order valence-electron chi connectivity index (χ3n) is 5.21. The molecule has 1 unspecified atom stereocenters. The van der Waals surface area contributed by atoms with Crippen LogP contribution in [0.1, 0.15) is 32.0 Å². The maximum absolute atomic E-state index is 5.82. The van der Waals surface area contributed by atoms with Gasteiger partial charge in [-0.05, 0) is 19.3 Å². The van der Waals surface area contributed by atoms with Gasteiger partial charge >= 0.3 is 0 Å². The standard InChI is InChI=1S/C19H35N7O2/c1-2-18-24-23-16-26(18)9-7-21-19(22-15-17-5-3-4-12-28-17)20-6-8-25-10-13-27-14-11-25/h16-17H,2-15H2,1H3,(H2,20,21,22). The van der Waals surface area contributed by atoms with E-state index in [4.69, 9.17) is 14.5 Å². The molecular formula is C19H35N7O2. The molecule has 1 aromatic heterocycles. The average molecular weight is 394 g/mol. The van der Waals surface area contributed by atoms with E-state index in [2.05, 4.69) is 37.2 Å².